The minimum Gasteiger partial charge on any atom is -0.484 e. The number of hydrogen-bond acceptors (Lipinski definition) is 4. The molecule has 0 radical (unpaired) electrons. The molecule has 0 fully saturated rings. The van der Waals surface area contributed by atoms with Gasteiger partial charge >= 0.3 is 0 Å². The molecule has 1 amide bonds. The number of amides is 1. The zero-order valence-corrected chi connectivity index (χ0v) is 20.4. The molecule has 0 unspecified atom stereocenters. The molecule has 1 atom stereocenters. The zero-order chi connectivity index (χ0) is 24.0. The summed E-state index contributed by atoms with van der Waals surface area (Å²) in [6.45, 7) is 5.69. The Morgan fingerprint density at radius 1 is 1.00 bits per heavy atom. The van der Waals surface area contributed by atoms with Gasteiger partial charge in [0.15, 0.2) is 6.61 Å². The van der Waals surface area contributed by atoms with E-state index in [-0.39, 0.29) is 30.0 Å². The number of halogens is 1. The second-order valence-electron chi connectivity index (χ2n) is 7.61. The predicted octanol–water partition coefficient (Wildman–Crippen LogP) is 5.12. The number of benzene rings is 3. The number of ether oxygens (including phenoxy) is 1. The van der Waals surface area contributed by atoms with Crippen LogP contribution in [0, 0.1) is 6.92 Å². The molecule has 1 N–H and O–H groups in total. The van der Waals surface area contributed by atoms with Crippen LogP contribution in [0.25, 0.3) is 0 Å². The third-order valence-corrected chi connectivity index (χ3v) is 7.31. The Morgan fingerprint density at radius 3 is 2.18 bits per heavy atom. The Bertz CT molecular complexity index is 1180. The summed E-state index contributed by atoms with van der Waals surface area (Å²) in [5.74, 6) is 0.204. The maximum Gasteiger partial charge on any atom is 0.264 e. The molecule has 0 aromatic heterocycles. The second-order valence-corrected chi connectivity index (χ2v) is 9.90. The number of rotatable bonds is 9. The summed E-state index contributed by atoms with van der Waals surface area (Å²) >= 11 is 5.90. The summed E-state index contributed by atoms with van der Waals surface area (Å²) in [5.41, 5.74) is 2.45. The first-order valence-corrected chi connectivity index (χ1v) is 12.4. The van der Waals surface area contributed by atoms with E-state index < -0.39 is 10.0 Å². The molecular formula is C25H27ClN2O4S. The number of aryl methyl sites for hydroxylation is 1. The first kappa shape index (κ1) is 24.6. The number of hydrogen-bond donors (Lipinski definition) is 1. The number of carbonyl (C=O) groups is 1. The molecule has 0 bridgehead atoms. The van der Waals surface area contributed by atoms with E-state index in [0.717, 1.165) is 11.1 Å². The van der Waals surface area contributed by atoms with Crippen LogP contribution < -0.4 is 14.4 Å². The van der Waals surface area contributed by atoms with Gasteiger partial charge in [-0.05, 0) is 74.9 Å². The number of sulfonamides is 1. The minimum atomic E-state index is -3.68. The summed E-state index contributed by atoms with van der Waals surface area (Å²) in [4.78, 5) is 12.5. The van der Waals surface area contributed by atoms with Crippen LogP contribution in [0.4, 0.5) is 5.69 Å². The standard InChI is InChI=1S/C25H27ClN2O4S/c1-4-28(33(30,31)24-15-5-18(2)6-16-24)22-11-13-23(14-12-22)32-17-25(29)27-19(3)20-7-9-21(26)10-8-20/h5-16,19H,4,17H2,1-3H3,(H,27,29)/t19-/m0/s1. The first-order valence-electron chi connectivity index (χ1n) is 10.6. The first-order chi connectivity index (χ1) is 15.7. The molecule has 0 spiro atoms. The highest BCUT2D eigenvalue weighted by Crippen LogP contribution is 2.26. The monoisotopic (exact) mass is 486 g/mol. The predicted molar refractivity (Wildman–Crippen MR) is 131 cm³/mol. The van der Waals surface area contributed by atoms with E-state index in [2.05, 4.69) is 5.32 Å². The number of carbonyl (C=O) groups excluding carboxylic acids is 1. The molecule has 0 aliphatic carbocycles. The van der Waals surface area contributed by atoms with Crippen molar-refractivity contribution in [2.24, 2.45) is 0 Å². The van der Waals surface area contributed by atoms with Gasteiger partial charge in [-0.2, -0.15) is 0 Å². The summed E-state index contributed by atoms with van der Waals surface area (Å²) in [6.07, 6.45) is 0. The van der Waals surface area contributed by atoms with Crippen molar-refractivity contribution < 1.29 is 17.9 Å². The average molecular weight is 487 g/mol. The third kappa shape index (κ3) is 6.27. The van der Waals surface area contributed by atoms with Crippen molar-refractivity contribution >= 4 is 33.2 Å². The second kappa shape index (κ2) is 10.7. The van der Waals surface area contributed by atoms with Crippen LogP contribution in [0.2, 0.25) is 5.02 Å². The highest BCUT2D eigenvalue weighted by atomic mass is 35.5. The Kier molecular flexibility index (Phi) is 8.00. The van der Waals surface area contributed by atoms with E-state index in [1.807, 2.05) is 26.0 Å². The topological polar surface area (TPSA) is 75.7 Å². The van der Waals surface area contributed by atoms with Crippen molar-refractivity contribution in [3.8, 4) is 5.75 Å². The summed E-state index contributed by atoms with van der Waals surface area (Å²) in [6, 6.07) is 20.5. The van der Waals surface area contributed by atoms with E-state index in [9.17, 15) is 13.2 Å². The van der Waals surface area contributed by atoms with Crippen LogP contribution in [0.5, 0.6) is 5.75 Å². The van der Waals surface area contributed by atoms with E-state index in [0.29, 0.717) is 16.5 Å². The molecule has 174 valence electrons. The molecule has 6 nitrogen and oxygen atoms in total. The Balaban J connectivity index is 1.61. The van der Waals surface area contributed by atoms with Crippen molar-refractivity contribution in [1.82, 2.24) is 5.32 Å². The molecular weight excluding hydrogens is 460 g/mol. The minimum absolute atomic E-state index is 0.156. The largest absolute Gasteiger partial charge is 0.484 e. The zero-order valence-electron chi connectivity index (χ0n) is 18.8. The van der Waals surface area contributed by atoms with Gasteiger partial charge in [0.05, 0.1) is 16.6 Å². The molecule has 0 aliphatic heterocycles. The molecule has 0 saturated carbocycles. The van der Waals surface area contributed by atoms with Gasteiger partial charge in [-0.3, -0.25) is 9.10 Å². The van der Waals surface area contributed by atoms with Gasteiger partial charge in [-0.1, -0.05) is 41.4 Å². The number of nitrogens with one attached hydrogen (secondary N) is 1. The molecule has 8 heteroatoms. The molecule has 3 rings (SSSR count). The smallest absolute Gasteiger partial charge is 0.264 e. The maximum absolute atomic E-state index is 13.0. The quantitative estimate of drug-likeness (QED) is 0.455. The van der Waals surface area contributed by atoms with Gasteiger partial charge in [0.2, 0.25) is 0 Å². The van der Waals surface area contributed by atoms with E-state index in [1.165, 1.54) is 4.31 Å². The lowest BCUT2D eigenvalue weighted by Gasteiger charge is -2.23. The highest BCUT2D eigenvalue weighted by molar-refractivity contribution is 7.92. The van der Waals surface area contributed by atoms with Gasteiger partial charge in [-0.25, -0.2) is 8.42 Å². The molecule has 0 saturated heterocycles. The fourth-order valence-corrected chi connectivity index (χ4v) is 4.90. The van der Waals surface area contributed by atoms with E-state index in [4.69, 9.17) is 16.3 Å². The summed E-state index contributed by atoms with van der Waals surface area (Å²) < 4.78 is 33.0. The average Bonchev–Trinajstić information content (AvgIpc) is 2.79. The maximum atomic E-state index is 13.0. The van der Waals surface area contributed by atoms with E-state index >= 15 is 0 Å². The normalized spacial score (nSPS) is 12.1. The van der Waals surface area contributed by atoms with Crippen molar-refractivity contribution in [2.45, 2.75) is 31.7 Å². The van der Waals surface area contributed by atoms with Crippen molar-refractivity contribution in [3.05, 3.63) is 88.9 Å². The van der Waals surface area contributed by atoms with Crippen LogP contribution in [0.1, 0.15) is 31.0 Å². The fourth-order valence-electron chi connectivity index (χ4n) is 3.30. The van der Waals surface area contributed by atoms with Crippen LogP contribution in [0.15, 0.2) is 77.7 Å². The van der Waals surface area contributed by atoms with Gasteiger partial charge < -0.3 is 10.1 Å². The lowest BCUT2D eigenvalue weighted by atomic mass is 10.1. The Labute approximate surface area is 200 Å². The Hall–Kier alpha value is -3.03. The third-order valence-electron chi connectivity index (χ3n) is 5.14. The summed E-state index contributed by atoms with van der Waals surface area (Å²) in [5, 5.41) is 3.51. The molecule has 3 aromatic carbocycles. The fraction of sp³-hybridized carbons (Fsp3) is 0.240. The Morgan fingerprint density at radius 2 is 1.61 bits per heavy atom. The van der Waals surface area contributed by atoms with Crippen molar-refractivity contribution in [2.75, 3.05) is 17.5 Å². The van der Waals surface area contributed by atoms with Gasteiger partial charge in [-0.15, -0.1) is 0 Å². The van der Waals surface area contributed by atoms with Crippen LogP contribution >= 0.6 is 11.6 Å². The lowest BCUT2D eigenvalue weighted by Crippen LogP contribution is -2.31. The van der Waals surface area contributed by atoms with Crippen LogP contribution in [-0.4, -0.2) is 27.5 Å². The van der Waals surface area contributed by atoms with E-state index in [1.54, 1.807) is 67.6 Å². The van der Waals surface area contributed by atoms with Crippen molar-refractivity contribution in [3.63, 3.8) is 0 Å². The van der Waals surface area contributed by atoms with Gasteiger partial charge in [0.25, 0.3) is 15.9 Å². The molecule has 33 heavy (non-hydrogen) atoms. The molecule has 0 aliphatic rings. The highest BCUT2D eigenvalue weighted by Gasteiger charge is 2.23. The summed E-state index contributed by atoms with van der Waals surface area (Å²) in [7, 11) is -3.68. The van der Waals surface area contributed by atoms with Crippen molar-refractivity contribution in [1.29, 1.82) is 0 Å². The number of anilines is 1. The SMILES string of the molecule is CCN(c1ccc(OCC(=O)N[C@@H](C)c2ccc(Cl)cc2)cc1)S(=O)(=O)c1ccc(C)cc1. The van der Waals surface area contributed by atoms with Gasteiger partial charge in [0.1, 0.15) is 5.75 Å². The number of nitrogens with zero attached hydrogens (tertiary/aromatic N) is 1. The molecule has 3 aromatic rings. The van der Waals surface area contributed by atoms with Crippen LogP contribution in [-0.2, 0) is 14.8 Å². The lowest BCUT2D eigenvalue weighted by molar-refractivity contribution is -0.123. The molecule has 0 heterocycles. The van der Waals surface area contributed by atoms with Crippen LogP contribution in [0.3, 0.4) is 0 Å². The van der Waals surface area contributed by atoms with Gasteiger partial charge in [0, 0.05) is 11.6 Å².